The molecule has 1 saturated heterocycles. The average Bonchev–Trinajstić information content (AvgIpc) is 4.12. The third-order valence-corrected chi connectivity index (χ3v) is 10.3. The van der Waals surface area contributed by atoms with E-state index in [-0.39, 0.29) is 11.8 Å². The Hall–Kier alpha value is -6.95. The molecule has 4 aromatic carbocycles. The van der Waals surface area contributed by atoms with Gasteiger partial charge in [0.1, 0.15) is 11.6 Å². The molecule has 1 aliphatic carbocycles. The second kappa shape index (κ2) is 17.5. The smallest absolute Gasteiger partial charge is 0.321 e. The number of anilines is 2. The topological polar surface area (TPSA) is 119 Å². The first kappa shape index (κ1) is 37.9. The summed E-state index contributed by atoms with van der Waals surface area (Å²) >= 11 is 0. The minimum absolute atomic E-state index is 0.158. The Morgan fingerprint density at radius 2 is 1.07 bits per heavy atom. The number of hydrogen-bond acceptors (Lipinski definition) is 6. The number of nitrogens with zero attached hydrogens (tertiary/aromatic N) is 7. The third kappa shape index (κ3) is 8.56. The number of carbonyl (C=O) groups excluding carboxylic acids is 1. The van der Waals surface area contributed by atoms with E-state index in [9.17, 15) is 13.6 Å². The third-order valence-electron chi connectivity index (χ3n) is 10.3. The number of benzene rings is 4. The quantitative estimate of drug-likeness (QED) is 0.168. The number of likely N-dealkylation sites (tertiary alicyclic amines) is 1. The van der Waals surface area contributed by atoms with E-state index in [4.69, 9.17) is 5.73 Å². The van der Waals surface area contributed by atoms with E-state index < -0.39 is 5.82 Å². The summed E-state index contributed by atoms with van der Waals surface area (Å²) in [5.74, 6) is 0.243. The molecule has 8 aromatic rings. The number of urea groups is 1. The zero-order chi connectivity index (χ0) is 39.8. The summed E-state index contributed by atoms with van der Waals surface area (Å²) in [6, 6.07) is 32.2. The zero-order valence-corrected chi connectivity index (χ0v) is 31.9. The van der Waals surface area contributed by atoms with Gasteiger partial charge in [-0.15, -0.1) is 0 Å². The van der Waals surface area contributed by atoms with Crippen LogP contribution < -0.4 is 11.1 Å². The molecule has 1 saturated carbocycles. The van der Waals surface area contributed by atoms with Crippen molar-refractivity contribution < 1.29 is 13.6 Å². The lowest BCUT2D eigenvalue weighted by Gasteiger charge is -2.16. The molecule has 10 rings (SSSR count). The molecule has 5 heterocycles. The largest absolute Gasteiger partial charge is 0.399 e. The number of aromatic nitrogens is 6. The number of nitrogens with one attached hydrogen (secondary N) is 1. The summed E-state index contributed by atoms with van der Waals surface area (Å²) in [4.78, 5) is 31.8. The van der Waals surface area contributed by atoms with Gasteiger partial charge in [-0.3, -0.25) is 8.80 Å². The Labute approximate surface area is 335 Å². The molecule has 0 radical (unpaired) electrons. The fraction of sp³-hybridized carbons (Fsp3) is 0.196. The first-order valence-electron chi connectivity index (χ1n) is 19.6. The molecule has 2 fully saturated rings. The molecule has 0 unspecified atom stereocenters. The molecule has 0 bridgehead atoms. The lowest BCUT2D eigenvalue weighted by Crippen LogP contribution is -2.32. The lowest BCUT2D eigenvalue weighted by atomic mass is 10.1. The number of imidazole rings is 2. The van der Waals surface area contributed by atoms with Gasteiger partial charge < -0.3 is 16.0 Å². The van der Waals surface area contributed by atoms with Crippen molar-refractivity contribution in [1.82, 2.24) is 33.6 Å². The molecule has 10 nitrogen and oxygen atoms in total. The SMILES string of the molecule is C1CCCC1.Nc1ccc(F)c(-c2ccn3c(-c4ccccc4)cnc3n2)c1.O=C(Nc1ccc(F)c(-c2ccn3c(-c4ccccc4)cnc3n2)c1)N1CCCC1. The van der Waals surface area contributed by atoms with Crippen molar-refractivity contribution in [2.75, 3.05) is 24.1 Å². The van der Waals surface area contributed by atoms with Crippen molar-refractivity contribution >= 4 is 29.0 Å². The number of amides is 2. The highest BCUT2D eigenvalue weighted by atomic mass is 19.1. The van der Waals surface area contributed by atoms with E-state index in [1.165, 1.54) is 50.3 Å². The first-order chi connectivity index (χ1) is 28.4. The van der Waals surface area contributed by atoms with Crippen molar-refractivity contribution in [3.8, 4) is 45.0 Å². The van der Waals surface area contributed by atoms with Crippen molar-refractivity contribution in [2.45, 2.75) is 44.9 Å². The van der Waals surface area contributed by atoms with Gasteiger partial charge >= 0.3 is 6.03 Å². The van der Waals surface area contributed by atoms with E-state index in [1.54, 1.807) is 47.6 Å². The van der Waals surface area contributed by atoms with E-state index >= 15 is 0 Å². The van der Waals surface area contributed by atoms with Gasteiger partial charge in [0.25, 0.3) is 0 Å². The average molecular weight is 776 g/mol. The molecule has 0 spiro atoms. The van der Waals surface area contributed by atoms with E-state index in [0.717, 1.165) is 48.4 Å². The molecule has 4 aromatic heterocycles. The number of hydrogen-bond donors (Lipinski definition) is 2. The van der Waals surface area contributed by atoms with Crippen LogP contribution in [-0.2, 0) is 0 Å². The lowest BCUT2D eigenvalue weighted by molar-refractivity contribution is 0.222. The fourth-order valence-electron chi connectivity index (χ4n) is 7.23. The van der Waals surface area contributed by atoms with Crippen LogP contribution in [0.2, 0.25) is 0 Å². The maximum Gasteiger partial charge on any atom is 0.321 e. The molecule has 12 heteroatoms. The van der Waals surface area contributed by atoms with E-state index in [1.807, 2.05) is 81.9 Å². The van der Waals surface area contributed by atoms with Crippen LogP contribution >= 0.6 is 0 Å². The first-order valence-corrected chi connectivity index (χ1v) is 19.6. The normalized spacial score (nSPS) is 13.5. The number of halogens is 2. The van der Waals surface area contributed by atoms with Crippen LogP contribution in [0.15, 0.2) is 134 Å². The molecule has 292 valence electrons. The summed E-state index contributed by atoms with van der Waals surface area (Å²) in [6.07, 6.45) is 16.7. The minimum atomic E-state index is -0.402. The standard InChI is InChI=1S/C23H20FN5O.C18H13FN4.C5H10/c24-19-9-8-17(26-23(30)28-11-4-5-12-28)14-18(19)20-10-13-29-21(15-25-22(29)27-20)16-6-2-1-3-7-16;19-15-7-6-13(20)10-14(15)16-8-9-23-17(11-21-18(23)22-16)12-4-2-1-3-5-12;1-2-4-5-3-1/h1-3,6-10,13-15H,4-5,11-12H2,(H,26,30);1-11H,20H2;1-5H2. The summed E-state index contributed by atoms with van der Waals surface area (Å²) in [6.45, 7) is 1.50. The van der Waals surface area contributed by atoms with Crippen molar-refractivity contribution in [3.63, 3.8) is 0 Å². The molecular weight excluding hydrogens is 733 g/mol. The number of fused-ring (bicyclic) bond motifs is 2. The Balaban J connectivity index is 0.000000148. The van der Waals surface area contributed by atoms with Crippen LogP contribution in [0.3, 0.4) is 0 Å². The van der Waals surface area contributed by atoms with Gasteiger partial charge in [-0.2, -0.15) is 0 Å². The van der Waals surface area contributed by atoms with Gasteiger partial charge in [0.2, 0.25) is 11.6 Å². The highest BCUT2D eigenvalue weighted by Crippen LogP contribution is 2.28. The van der Waals surface area contributed by atoms with Crippen LogP contribution in [0.5, 0.6) is 0 Å². The Bertz CT molecular complexity index is 2640. The second-order valence-electron chi connectivity index (χ2n) is 14.3. The van der Waals surface area contributed by atoms with E-state index in [0.29, 0.717) is 45.4 Å². The van der Waals surface area contributed by atoms with Crippen molar-refractivity contribution in [2.24, 2.45) is 0 Å². The minimum Gasteiger partial charge on any atom is -0.399 e. The van der Waals surface area contributed by atoms with Crippen LogP contribution in [0.4, 0.5) is 25.0 Å². The summed E-state index contributed by atoms with van der Waals surface area (Å²) < 4.78 is 32.3. The monoisotopic (exact) mass is 775 g/mol. The molecule has 3 N–H and O–H groups in total. The summed E-state index contributed by atoms with van der Waals surface area (Å²) in [5, 5.41) is 2.86. The van der Waals surface area contributed by atoms with Crippen LogP contribution in [0.25, 0.3) is 56.6 Å². The number of nitrogens with two attached hydrogens (primary N) is 1. The van der Waals surface area contributed by atoms with Crippen LogP contribution in [0.1, 0.15) is 44.9 Å². The van der Waals surface area contributed by atoms with Gasteiger partial charge in [-0.05, 0) is 61.4 Å². The second-order valence-corrected chi connectivity index (χ2v) is 14.3. The van der Waals surface area contributed by atoms with Crippen LogP contribution in [-0.4, -0.2) is 52.8 Å². The summed E-state index contributed by atoms with van der Waals surface area (Å²) in [5.41, 5.74) is 12.4. The maximum absolute atomic E-state index is 14.6. The molecular formula is C46H43F2N9O. The number of carbonyl (C=O) groups is 1. The van der Waals surface area contributed by atoms with Gasteiger partial charge in [0, 0.05) is 59.1 Å². The Kier molecular flexibility index (Phi) is 11.4. The van der Waals surface area contributed by atoms with E-state index in [2.05, 4.69) is 25.3 Å². The number of rotatable bonds is 5. The highest BCUT2D eigenvalue weighted by molar-refractivity contribution is 5.90. The highest BCUT2D eigenvalue weighted by Gasteiger charge is 2.19. The molecule has 58 heavy (non-hydrogen) atoms. The van der Waals surface area contributed by atoms with Gasteiger partial charge in [-0.25, -0.2) is 33.5 Å². The van der Waals surface area contributed by atoms with Gasteiger partial charge in [-0.1, -0.05) is 92.8 Å². The maximum atomic E-state index is 14.6. The van der Waals surface area contributed by atoms with Gasteiger partial charge in [0.05, 0.1) is 35.2 Å². The molecule has 2 amide bonds. The predicted octanol–water partition coefficient (Wildman–Crippen LogP) is 10.6. The number of nitrogen functional groups attached to an aromatic ring is 1. The Morgan fingerprint density at radius 3 is 1.59 bits per heavy atom. The van der Waals surface area contributed by atoms with Crippen molar-refractivity contribution in [3.05, 3.63) is 146 Å². The Morgan fingerprint density at radius 1 is 0.586 bits per heavy atom. The molecule has 1 aliphatic heterocycles. The van der Waals surface area contributed by atoms with Gasteiger partial charge in [0.15, 0.2) is 0 Å². The molecule has 0 atom stereocenters. The summed E-state index contributed by atoms with van der Waals surface area (Å²) in [7, 11) is 0. The van der Waals surface area contributed by atoms with Crippen molar-refractivity contribution in [1.29, 1.82) is 0 Å². The molecule has 2 aliphatic rings. The zero-order valence-electron chi connectivity index (χ0n) is 31.9. The van der Waals surface area contributed by atoms with Crippen LogP contribution in [0, 0.1) is 11.6 Å². The fourth-order valence-corrected chi connectivity index (χ4v) is 7.23. The predicted molar refractivity (Wildman–Crippen MR) is 225 cm³/mol.